The number of aliphatic hydroxyl groups is 1. The van der Waals surface area contributed by atoms with Crippen LogP contribution < -0.4 is 16.0 Å². The first-order valence-electron chi connectivity index (χ1n) is 10.7. The van der Waals surface area contributed by atoms with E-state index in [1.807, 2.05) is 32.0 Å². The Hall–Kier alpha value is -1.06. The lowest BCUT2D eigenvalue weighted by molar-refractivity contribution is -0.116. The topological polar surface area (TPSA) is 85.8 Å². The Morgan fingerprint density at radius 3 is 2.60 bits per heavy atom. The number of anilines is 1. The van der Waals surface area contributed by atoms with Gasteiger partial charge in [0.2, 0.25) is 5.91 Å². The molecule has 0 aromatic heterocycles. The van der Waals surface area contributed by atoms with Gasteiger partial charge in [-0.05, 0) is 56.2 Å². The first-order valence-corrected chi connectivity index (χ1v) is 11.0. The molecule has 170 valence electrons. The smallest absolute Gasteiger partial charge is 0.226 e. The van der Waals surface area contributed by atoms with Gasteiger partial charge >= 0.3 is 0 Å². The van der Waals surface area contributed by atoms with Crippen molar-refractivity contribution in [3.8, 4) is 0 Å². The summed E-state index contributed by atoms with van der Waals surface area (Å²) in [5.74, 6) is 0.625. The molecule has 6 nitrogen and oxygen atoms in total. The van der Waals surface area contributed by atoms with E-state index in [0.717, 1.165) is 37.3 Å². The molecule has 0 bridgehead atoms. The Kier molecular flexibility index (Phi) is 12.7. The van der Waals surface area contributed by atoms with E-state index in [0.29, 0.717) is 30.2 Å². The molecule has 0 heterocycles. The van der Waals surface area contributed by atoms with Gasteiger partial charge in [-0.3, -0.25) is 9.79 Å². The Balaban J connectivity index is 0.00000450. The molecular weight excluding hydrogens is 515 g/mol. The number of aryl methyl sites for hydroxylation is 1. The SMILES string of the molecule is CCNC(=NCC1(CCO)CCCCC1)NCCC(=O)Nc1ccc(C)cc1Cl.I. The number of nitrogens with one attached hydrogen (secondary N) is 3. The van der Waals surface area contributed by atoms with Crippen molar-refractivity contribution >= 4 is 53.1 Å². The Labute approximate surface area is 202 Å². The van der Waals surface area contributed by atoms with Gasteiger partial charge in [0, 0.05) is 32.7 Å². The average molecular weight is 551 g/mol. The van der Waals surface area contributed by atoms with Crippen LogP contribution in [0.5, 0.6) is 0 Å². The van der Waals surface area contributed by atoms with Crippen molar-refractivity contribution in [2.75, 3.05) is 31.6 Å². The van der Waals surface area contributed by atoms with Gasteiger partial charge in [-0.1, -0.05) is 36.9 Å². The molecule has 4 N–H and O–H groups in total. The third-order valence-electron chi connectivity index (χ3n) is 5.52. The van der Waals surface area contributed by atoms with Crippen LogP contribution in [0.25, 0.3) is 0 Å². The molecule has 1 aliphatic carbocycles. The fourth-order valence-electron chi connectivity index (χ4n) is 3.84. The minimum atomic E-state index is -0.0943. The molecule has 1 amide bonds. The van der Waals surface area contributed by atoms with E-state index in [1.165, 1.54) is 19.3 Å². The molecule has 0 aliphatic heterocycles. The summed E-state index contributed by atoms with van der Waals surface area (Å²) in [6, 6.07) is 5.57. The minimum absolute atomic E-state index is 0. The predicted octanol–water partition coefficient (Wildman–Crippen LogP) is 4.48. The zero-order valence-electron chi connectivity index (χ0n) is 18.1. The van der Waals surface area contributed by atoms with Gasteiger partial charge in [0.25, 0.3) is 0 Å². The number of hydrogen-bond acceptors (Lipinski definition) is 3. The lowest BCUT2D eigenvalue weighted by atomic mass is 9.72. The fourth-order valence-corrected chi connectivity index (χ4v) is 4.13. The molecule has 0 saturated heterocycles. The molecule has 0 unspecified atom stereocenters. The van der Waals surface area contributed by atoms with Crippen LogP contribution in [-0.4, -0.2) is 43.2 Å². The lowest BCUT2D eigenvalue weighted by Gasteiger charge is -2.35. The second-order valence-electron chi connectivity index (χ2n) is 7.94. The van der Waals surface area contributed by atoms with E-state index in [9.17, 15) is 9.90 Å². The van der Waals surface area contributed by atoms with Crippen molar-refractivity contribution in [2.45, 2.75) is 58.8 Å². The zero-order valence-corrected chi connectivity index (χ0v) is 21.2. The van der Waals surface area contributed by atoms with Crippen LogP contribution in [0, 0.1) is 12.3 Å². The number of hydrogen-bond donors (Lipinski definition) is 4. The number of carbonyl (C=O) groups is 1. The van der Waals surface area contributed by atoms with Crippen molar-refractivity contribution in [1.29, 1.82) is 0 Å². The standard InChI is InChI=1S/C22H35ClN4O2.HI/c1-3-24-21(26-16-22(12-14-28)10-5-4-6-11-22)25-13-9-20(29)27-19-8-7-17(2)15-18(19)23;/h7-8,15,28H,3-6,9-14,16H2,1-2H3,(H,27,29)(H2,24,25,26);1H. The number of carbonyl (C=O) groups excluding carboxylic acids is 1. The monoisotopic (exact) mass is 550 g/mol. The third-order valence-corrected chi connectivity index (χ3v) is 5.83. The Morgan fingerprint density at radius 1 is 1.23 bits per heavy atom. The second-order valence-corrected chi connectivity index (χ2v) is 8.34. The van der Waals surface area contributed by atoms with Crippen LogP contribution in [-0.2, 0) is 4.79 Å². The first kappa shape index (κ1) is 27.0. The maximum Gasteiger partial charge on any atom is 0.226 e. The molecular formula is C22H36ClIN4O2. The lowest BCUT2D eigenvalue weighted by Crippen LogP contribution is -2.40. The molecule has 1 fully saturated rings. The van der Waals surface area contributed by atoms with E-state index in [-0.39, 0.29) is 41.9 Å². The predicted molar refractivity (Wildman–Crippen MR) is 136 cm³/mol. The highest BCUT2D eigenvalue weighted by Gasteiger charge is 2.31. The normalized spacial score (nSPS) is 15.8. The second kappa shape index (κ2) is 14.1. The summed E-state index contributed by atoms with van der Waals surface area (Å²) in [4.78, 5) is 17.0. The molecule has 1 saturated carbocycles. The van der Waals surface area contributed by atoms with Gasteiger partial charge < -0.3 is 21.1 Å². The summed E-state index contributed by atoms with van der Waals surface area (Å²) in [6.45, 7) is 6.13. The number of halogens is 2. The molecule has 30 heavy (non-hydrogen) atoms. The van der Waals surface area contributed by atoms with E-state index >= 15 is 0 Å². The van der Waals surface area contributed by atoms with Gasteiger partial charge in [-0.25, -0.2) is 0 Å². The molecule has 0 atom stereocenters. The summed E-state index contributed by atoms with van der Waals surface area (Å²) in [6.07, 6.45) is 7.05. The molecule has 1 aliphatic rings. The number of guanidine groups is 1. The number of amides is 1. The van der Waals surface area contributed by atoms with Gasteiger partial charge in [-0.2, -0.15) is 0 Å². The average Bonchev–Trinajstić information content (AvgIpc) is 2.69. The Bertz CT molecular complexity index is 688. The molecule has 2 rings (SSSR count). The highest BCUT2D eigenvalue weighted by Crippen LogP contribution is 2.39. The van der Waals surface area contributed by atoms with Gasteiger partial charge in [0.1, 0.15) is 0 Å². The van der Waals surface area contributed by atoms with Gasteiger partial charge in [0.05, 0.1) is 10.7 Å². The number of aliphatic hydroxyl groups excluding tert-OH is 1. The number of aliphatic imine (C=N–C) groups is 1. The van der Waals surface area contributed by atoms with Crippen molar-refractivity contribution in [3.05, 3.63) is 28.8 Å². The quantitative estimate of drug-likeness (QED) is 0.207. The fraction of sp³-hybridized carbons (Fsp3) is 0.636. The van der Waals surface area contributed by atoms with E-state index in [2.05, 4.69) is 16.0 Å². The summed E-state index contributed by atoms with van der Waals surface area (Å²) in [7, 11) is 0. The highest BCUT2D eigenvalue weighted by molar-refractivity contribution is 14.0. The molecule has 0 spiro atoms. The van der Waals surface area contributed by atoms with Crippen molar-refractivity contribution in [1.82, 2.24) is 10.6 Å². The van der Waals surface area contributed by atoms with E-state index in [1.54, 1.807) is 0 Å². The third kappa shape index (κ3) is 8.98. The van der Waals surface area contributed by atoms with E-state index < -0.39 is 0 Å². The largest absolute Gasteiger partial charge is 0.396 e. The van der Waals surface area contributed by atoms with Crippen molar-refractivity contribution in [3.63, 3.8) is 0 Å². The van der Waals surface area contributed by atoms with Crippen LogP contribution in [0.3, 0.4) is 0 Å². The number of rotatable bonds is 9. The summed E-state index contributed by atoms with van der Waals surface area (Å²) in [5, 5.41) is 19.4. The van der Waals surface area contributed by atoms with Crippen LogP contribution in [0.1, 0.15) is 57.4 Å². The van der Waals surface area contributed by atoms with Crippen molar-refractivity contribution in [2.24, 2.45) is 10.4 Å². The molecule has 8 heteroatoms. The number of benzene rings is 1. The highest BCUT2D eigenvalue weighted by atomic mass is 127. The van der Waals surface area contributed by atoms with Gasteiger partial charge in [0.15, 0.2) is 5.96 Å². The molecule has 0 radical (unpaired) electrons. The van der Waals surface area contributed by atoms with E-state index in [4.69, 9.17) is 16.6 Å². The van der Waals surface area contributed by atoms with Crippen LogP contribution in [0.2, 0.25) is 5.02 Å². The zero-order chi connectivity index (χ0) is 21.1. The number of nitrogens with zero attached hydrogens (tertiary/aromatic N) is 1. The maximum atomic E-state index is 12.2. The summed E-state index contributed by atoms with van der Waals surface area (Å²) in [5.41, 5.74) is 1.79. The molecule has 1 aromatic rings. The molecule has 1 aromatic carbocycles. The summed E-state index contributed by atoms with van der Waals surface area (Å²) >= 11 is 6.18. The van der Waals surface area contributed by atoms with Crippen molar-refractivity contribution < 1.29 is 9.90 Å². The van der Waals surface area contributed by atoms with Crippen LogP contribution >= 0.6 is 35.6 Å². The van der Waals surface area contributed by atoms with Crippen LogP contribution in [0.4, 0.5) is 5.69 Å². The summed E-state index contributed by atoms with van der Waals surface area (Å²) < 4.78 is 0. The van der Waals surface area contributed by atoms with Crippen LogP contribution in [0.15, 0.2) is 23.2 Å². The minimum Gasteiger partial charge on any atom is -0.396 e. The maximum absolute atomic E-state index is 12.2. The van der Waals surface area contributed by atoms with Gasteiger partial charge in [-0.15, -0.1) is 24.0 Å². The Morgan fingerprint density at radius 2 is 1.97 bits per heavy atom. The first-order chi connectivity index (χ1) is 14.0.